The number of rotatable bonds is 17. The van der Waals surface area contributed by atoms with Crippen LogP contribution < -0.4 is 0 Å². The van der Waals surface area contributed by atoms with Gasteiger partial charge in [-0.1, -0.05) is 343 Å². The van der Waals surface area contributed by atoms with Gasteiger partial charge in [0.2, 0.25) is 0 Å². The maximum absolute atomic E-state index is 4.93. The fraction of sp³-hybridized carbons (Fsp3) is 0.491. The van der Waals surface area contributed by atoms with Crippen LogP contribution in [0.25, 0.3) is 0 Å². The van der Waals surface area contributed by atoms with Crippen molar-refractivity contribution in [3.63, 3.8) is 0 Å². The maximum Gasteiger partial charge on any atom is 4.00 e. The molecule has 0 N–H and O–H groups in total. The first-order chi connectivity index (χ1) is 56.4. The van der Waals surface area contributed by atoms with Gasteiger partial charge in [-0.15, -0.1) is 37.4 Å². The fourth-order valence-electron chi connectivity index (χ4n) is 19.6. The van der Waals surface area contributed by atoms with Gasteiger partial charge in [0.15, 0.2) is 0 Å². The van der Waals surface area contributed by atoms with Crippen LogP contribution in [0.4, 0.5) is 0 Å². The summed E-state index contributed by atoms with van der Waals surface area (Å²) in [7, 11) is 29.6. The molecule has 13 aliphatic rings. The Balaban J connectivity index is -0.000000420. The Hall–Kier alpha value is -1.24. The second kappa shape index (κ2) is 87.1. The molecule has 4 aromatic carbocycles. The summed E-state index contributed by atoms with van der Waals surface area (Å²) >= 11 is -2.48. The quantitative estimate of drug-likeness (QED) is 0.0562. The maximum atomic E-state index is 4.93. The van der Waals surface area contributed by atoms with Crippen LogP contribution in [0.2, 0.25) is 0 Å². The van der Waals surface area contributed by atoms with E-state index in [2.05, 4.69) is 236 Å². The minimum absolute atomic E-state index is 0. The standard InChI is InChI=1S/2C17H20.C12H16.C10H20.2C9H12.C9H18.C9H16.2C7H7.8CH3.6ClH.Hf.3Zr/c2*1-2-6-14(7-3-1)10-11-16-13-12-15-8-4-5-9-17(15)16;1-2-5-10-8-9-11-6-3-4-7-12(10)11;1-3-4-5-10-7-6-9(2)8-10;2*1-2-5-9-7-3-6-8(9)4-1;2*1-2-3-6-9-7-4-5-8-9;2*1-7-5-3-2-4-6-7;;;;;;;;;;;;;;;;;;/h2*1-9,15-17H,10-13H2;2-4,6-7,10-12H,1,5,8-9H2;9-10H,3-8H2,1-2H3;2*1-2,4-5,8-9H,3,6-7H2;9H,2-8H2,1H3;2,9H,1,3-8H2;2*2-6H,1H2;8*1H3;6*1H;;;;/q;;;;;;;;10*-1;;;;;;;4*+4/p-6. The van der Waals surface area contributed by atoms with E-state index < -0.39 is 62.5 Å². The predicted octanol–water partition coefficient (Wildman–Crippen LogP) is 38.8. The van der Waals surface area contributed by atoms with Gasteiger partial charge in [0, 0.05) is 0 Å². The van der Waals surface area contributed by atoms with E-state index in [1.807, 2.05) is 66.7 Å². The first-order valence-electron chi connectivity index (χ1n) is 45.1. The smallest absolute Gasteiger partial charge is 4.00 e. The number of allylic oxidation sites excluding steroid dienone is 22. The van der Waals surface area contributed by atoms with Gasteiger partial charge in [-0.05, 0) is 227 Å². The Labute approximate surface area is 845 Å². The largest absolute Gasteiger partial charge is 4.00 e. The first-order valence-corrected chi connectivity index (χ1v) is 64.1. The molecule has 0 aliphatic heterocycles. The van der Waals surface area contributed by atoms with Crippen molar-refractivity contribution in [1.82, 2.24) is 0 Å². The number of halogens is 6. The number of fused-ring (bicyclic) bond motifs is 5. The van der Waals surface area contributed by atoms with Gasteiger partial charge >= 0.3 is 139 Å². The van der Waals surface area contributed by atoms with E-state index in [4.69, 9.17) is 51.1 Å². The van der Waals surface area contributed by atoms with Crippen molar-refractivity contribution >= 4 is 51.1 Å². The zero-order valence-electron chi connectivity index (χ0n) is 79.6. The van der Waals surface area contributed by atoms with Gasteiger partial charge in [-0.3, -0.25) is 0 Å². The third-order valence-electron chi connectivity index (χ3n) is 26.0. The Morgan fingerprint density at radius 1 is 0.323 bits per heavy atom. The number of aryl methyl sites for hydroxylation is 2. The number of hydrogen-bond donors (Lipinski definition) is 0. The van der Waals surface area contributed by atoms with E-state index in [1.165, 1.54) is 242 Å². The molecule has 15 atom stereocenters. The minimum Gasteiger partial charge on any atom is 4.00 e. The first kappa shape index (κ1) is 131. The molecule has 686 valence electrons. The van der Waals surface area contributed by atoms with Crippen molar-refractivity contribution < 1.29 is 88.4 Å². The van der Waals surface area contributed by atoms with Crippen molar-refractivity contribution in [2.75, 3.05) is 0 Å². The Morgan fingerprint density at radius 2 is 0.613 bits per heavy atom. The van der Waals surface area contributed by atoms with Gasteiger partial charge in [-0.2, -0.15) is 49.2 Å². The van der Waals surface area contributed by atoms with E-state index in [1.54, 1.807) is 0 Å². The average molecular weight is 2210 g/mol. The van der Waals surface area contributed by atoms with Gasteiger partial charge < -0.3 is 59.4 Å². The topological polar surface area (TPSA) is 0 Å². The zero-order valence-corrected chi connectivity index (χ0v) is 95.1. The summed E-state index contributed by atoms with van der Waals surface area (Å²) in [5.74, 6) is 15.5. The molecule has 13 aliphatic carbocycles. The molecule has 0 amide bonds. The van der Waals surface area contributed by atoms with E-state index in [9.17, 15) is 0 Å². The molecule has 4 aromatic rings. The van der Waals surface area contributed by atoms with E-state index in [0.717, 1.165) is 112 Å². The summed E-state index contributed by atoms with van der Waals surface area (Å²) < 4.78 is 0. The molecule has 8 fully saturated rings. The SMILES string of the molecule is C1=CC2CCC(CCc3ccccc3)C2C=C1.C1=CC2CCC(CCc3ccccc3)C2C=C1.C1=CC2CCCC2C=C1.C1=CC2CCCC2C=C1.C=CCC1CCC2C=CC=CC21.C=CCCC1CCCC1.CCCCC1CCC(C)C1.CCCCC1CCCC1.[CH2-]c1ccccc1.[CH2-]c1ccccc1.[CH3-].[CH3-].[CH3-].[CH3-].[CH3-].[CH3-].[CH3-].[CH3-].[Cl][Zr+2][Cl].[Cl][Zr+2][Cl].[Cl][Zr+2][Cl].[Hf+4]. The van der Waals surface area contributed by atoms with Crippen molar-refractivity contribution in [2.45, 2.75) is 252 Å². The summed E-state index contributed by atoms with van der Waals surface area (Å²) in [5, 5.41) is 0. The normalized spacial score (nSPS) is 24.6. The van der Waals surface area contributed by atoms with Crippen LogP contribution >= 0.6 is 51.1 Å². The molecule has 0 aromatic heterocycles. The van der Waals surface area contributed by atoms with Crippen LogP contribution in [0.3, 0.4) is 0 Å². The summed E-state index contributed by atoms with van der Waals surface area (Å²) in [6.45, 7) is 22.0. The minimum atomic E-state index is -0.826. The van der Waals surface area contributed by atoms with Crippen molar-refractivity contribution in [3.8, 4) is 0 Å². The monoisotopic (exact) mass is 2200 g/mol. The Bertz CT molecular complexity index is 3140. The van der Waals surface area contributed by atoms with Gasteiger partial charge in [0.05, 0.1) is 0 Å². The summed E-state index contributed by atoms with van der Waals surface area (Å²) in [4.78, 5) is 0. The molecule has 0 nitrogen and oxygen atoms in total. The molecule has 0 spiro atoms. The Morgan fingerprint density at radius 3 is 0.903 bits per heavy atom. The third-order valence-corrected chi connectivity index (χ3v) is 26.0. The molecule has 124 heavy (non-hydrogen) atoms. The van der Waals surface area contributed by atoms with Crippen LogP contribution in [0.1, 0.15) is 261 Å². The molecule has 0 radical (unpaired) electrons. The summed E-state index contributed by atoms with van der Waals surface area (Å²) in [6.07, 6.45) is 101. The van der Waals surface area contributed by atoms with Crippen LogP contribution in [-0.2, 0) is 101 Å². The van der Waals surface area contributed by atoms with Crippen LogP contribution in [0.5, 0.6) is 0 Å². The van der Waals surface area contributed by atoms with Crippen molar-refractivity contribution in [3.05, 3.63) is 364 Å². The molecule has 15 unspecified atom stereocenters. The molecular weight excluding hydrogens is 2030 g/mol. The summed E-state index contributed by atoms with van der Waals surface area (Å²) in [5.41, 5.74) is 5.13. The molecule has 0 heterocycles. The third kappa shape index (κ3) is 58.0. The van der Waals surface area contributed by atoms with Crippen LogP contribution in [0.15, 0.2) is 268 Å². The molecular formula is C114H172Cl6HfZr3. The van der Waals surface area contributed by atoms with Crippen LogP contribution in [-0.4, -0.2) is 0 Å². The fourth-order valence-corrected chi connectivity index (χ4v) is 19.6. The second-order valence-electron chi connectivity index (χ2n) is 34.1. The van der Waals surface area contributed by atoms with E-state index in [0.29, 0.717) is 0 Å². The molecule has 0 bridgehead atoms. The molecule has 0 saturated heterocycles. The number of unbranched alkanes of at least 4 members (excludes halogenated alkanes) is 2. The van der Waals surface area contributed by atoms with Gasteiger partial charge in [0.1, 0.15) is 0 Å². The van der Waals surface area contributed by atoms with E-state index >= 15 is 0 Å². The Kier molecular flexibility index (Phi) is 92.2. The molecule has 8 saturated carbocycles. The van der Waals surface area contributed by atoms with E-state index in [-0.39, 0.29) is 85.3 Å². The van der Waals surface area contributed by atoms with Gasteiger partial charge in [0.25, 0.3) is 0 Å². The van der Waals surface area contributed by atoms with Crippen LogP contribution in [0, 0.1) is 174 Å². The molecule has 10 heteroatoms. The number of benzene rings is 4. The van der Waals surface area contributed by atoms with Crippen molar-refractivity contribution in [2.24, 2.45) is 101 Å². The van der Waals surface area contributed by atoms with Crippen molar-refractivity contribution in [1.29, 1.82) is 0 Å². The van der Waals surface area contributed by atoms with Gasteiger partial charge in [-0.25, -0.2) is 0 Å². The average Bonchev–Trinajstić information content (AvgIpc) is 1.72. The molecule has 17 rings (SSSR count). The second-order valence-corrected chi connectivity index (χ2v) is 45.3. The predicted molar refractivity (Wildman–Crippen MR) is 554 cm³/mol. The zero-order chi connectivity index (χ0) is 82.4. The summed E-state index contributed by atoms with van der Waals surface area (Å²) in [6, 6.07) is 41.6. The number of hydrogen-bond acceptors (Lipinski definition) is 0.